The molecule has 1 heterocycles. The molecule has 0 bridgehead atoms. The highest BCUT2D eigenvalue weighted by molar-refractivity contribution is 9.10. The van der Waals surface area contributed by atoms with Crippen LogP contribution in [0.15, 0.2) is 57.4 Å². The van der Waals surface area contributed by atoms with Gasteiger partial charge in [-0.15, -0.1) is 0 Å². The fourth-order valence-corrected chi connectivity index (χ4v) is 2.96. The summed E-state index contributed by atoms with van der Waals surface area (Å²) in [5.74, 6) is 1.06. The van der Waals surface area contributed by atoms with Crippen LogP contribution in [-0.4, -0.2) is 10.9 Å². The van der Waals surface area contributed by atoms with Crippen molar-refractivity contribution < 1.29 is 9.21 Å². The van der Waals surface area contributed by atoms with Crippen LogP contribution in [0.4, 0.5) is 5.69 Å². The summed E-state index contributed by atoms with van der Waals surface area (Å²) in [5, 5.41) is 2.89. The lowest BCUT2D eigenvalue weighted by molar-refractivity contribution is -0.115. The Kier molecular flexibility index (Phi) is 4.81. The first kappa shape index (κ1) is 16.5. The minimum atomic E-state index is -0.129. The Hall–Kier alpha value is -2.40. The van der Waals surface area contributed by atoms with Gasteiger partial charge >= 0.3 is 0 Å². The number of hydrogen-bond donors (Lipinski definition) is 1. The molecule has 0 aliphatic rings. The van der Waals surface area contributed by atoms with E-state index in [1.807, 2.05) is 62.4 Å². The topological polar surface area (TPSA) is 55.1 Å². The van der Waals surface area contributed by atoms with Gasteiger partial charge in [0.1, 0.15) is 5.76 Å². The number of carbonyl (C=O) groups is 1. The third-order valence-electron chi connectivity index (χ3n) is 3.64. The highest BCUT2D eigenvalue weighted by atomic mass is 79.9. The van der Waals surface area contributed by atoms with Crippen LogP contribution < -0.4 is 5.32 Å². The first-order valence-corrected chi connectivity index (χ1v) is 8.40. The minimum Gasteiger partial charge on any atom is -0.441 e. The van der Waals surface area contributed by atoms with Crippen LogP contribution in [0.3, 0.4) is 0 Å². The summed E-state index contributed by atoms with van der Waals surface area (Å²) in [4.78, 5) is 16.8. The van der Waals surface area contributed by atoms with Crippen LogP contribution in [0, 0.1) is 13.8 Å². The standard InChI is InChI=1S/C19H17BrN2O2/c1-12-8-9-16(15(20)10-12)21-18(23)11-17-13(2)24-19(22-17)14-6-4-3-5-7-14/h3-10H,11H2,1-2H3,(H,21,23). The van der Waals surface area contributed by atoms with Gasteiger partial charge in [-0.2, -0.15) is 0 Å². The molecule has 2 aromatic carbocycles. The molecule has 1 aromatic heterocycles. The quantitative estimate of drug-likeness (QED) is 0.695. The second kappa shape index (κ2) is 7.01. The Bertz CT molecular complexity index is 872. The average molecular weight is 385 g/mol. The lowest BCUT2D eigenvalue weighted by Gasteiger charge is -2.07. The molecule has 3 rings (SSSR count). The molecule has 3 aromatic rings. The highest BCUT2D eigenvalue weighted by Gasteiger charge is 2.15. The van der Waals surface area contributed by atoms with E-state index in [4.69, 9.17) is 4.42 Å². The normalized spacial score (nSPS) is 10.6. The molecule has 24 heavy (non-hydrogen) atoms. The van der Waals surface area contributed by atoms with Crippen molar-refractivity contribution in [1.82, 2.24) is 4.98 Å². The molecule has 0 spiro atoms. The molecule has 122 valence electrons. The monoisotopic (exact) mass is 384 g/mol. The van der Waals surface area contributed by atoms with Gasteiger partial charge in [-0.05, 0) is 59.6 Å². The van der Waals surface area contributed by atoms with Crippen LogP contribution in [0.2, 0.25) is 0 Å². The number of aromatic nitrogens is 1. The van der Waals surface area contributed by atoms with E-state index in [2.05, 4.69) is 26.2 Å². The zero-order chi connectivity index (χ0) is 17.1. The van der Waals surface area contributed by atoms with Gasteiger partial charge in [0.2, 0.25) is 11.8 Å². The van der Waals surface area contributed by atoms with Crippen molar-refractivity contribution in [3.05, 3.63) is 70.0 Å². The maximum absolute atomic E-state index is 12.3. The van der Waals surface area contributed by atoms with Crippen molar-refractivity contribution in [2.24, 2.45) is 0 Å². The molecule has 0 fully saturated rings. The van der Waals surface area contributed by atoms with Crippen molar-refractivity contribution in [2.75, 3.05) is 5.32 Å². The zero-order valence-corrected chi connectivity index (χ0v) is 15.1. The van der Waals surface area contributed by atoms with Crippen LogP contribution in [0.25, 0.3) is 11.5 Å². The largest absolute Gasteiger partial charge is 0.441 e. The highest BCUT2D eigenvalue weighted by Crippen LogP contribution is 2.25. The van der Waals surface area contributed by atoms with Gasteiger partial charge in [0, 0.05) is 10.0 Å². The van der Waals surface area contributed by atoms with Crippen molar-refractivity contribution in [1.29, 1.82) is 0 Å². The fourth-order valence-electron chi connectivity index (χ4n) is 2.36. The fraction of sp³-hybridized carbons (Fsp3) is 0.158. The summed E-state index contributed by atoms with van der Waals surface area (Å²) in [6.07, 6.45) is 0.169. The maximum Gasteiger partial charge on any atom is 0.230 e. The predicted molar refractivity (Wildman–Crippen MR) is 97.9 cm³/mol. The number of amides is 1. The third-order valence-corrected chi connectivity index (χ3v) is 4.30. The summed E-state index contributed by atoms with van der Waals surface area (Å²) in [5.41, 5.74) is 3.41. The molecule has 0 saturated carbocycles. The number of benzene rings is 2. The molecule has 4 nitrogen and oxygen atoms in total. The number of carbonyl (C=O) groups excluding carboxylic acids is 1. The Morgan fingerprint density at radius 3 is 2.62 bits per heavy atom. The van der Waals surface area contributed by atoms with Crippen molar-refractivity contribution >= 4 is 27.5 Å². The summed E-state index contributed by atoms with van der Waals surface area (Å²) in [6, 6.07) is 15.4. The molecule has 1 amide bonds. The van der Waals surface area contributed by atoms with Crippen LogP contribution in [0.5, 0.6) is 0 Å². The molecular formula is C19H17BrN2O2. The molecule has 0 aliphatic carbocycles. The van der Waals surface area contributed by atoms with Crippen molar-refractivity contribution in [3.8, 4) is 11.5 Å². The number of halogens is 1. The van der Waals surface area contributed by atoms with E-state index in [0.29, 0.717) is 17.3 Å². The maximum atomic E-state index is 12.3. The molecule has 1 N–H and O–H groups in total. The summed E-state index contributed by atoms with van der Waals surface area (Å²) in [6.45, 7) is 3.82. The smallest absolute Gasteiger partial charge is 0.230 e. The number of oxazole rings is 1. The Labute approximate surface area is 149 Å². The summed E-state index contributed by atoms with van der Waals surface area (Å²) >= 11 is 3.46. The van der Waals surface area contributed by atoms with Gasteiger partial charge in [-0.1, -0.05) is 24.3 Å². The molecule has 0 saturated heterocycles. The Morgan fingerprint density at radius 2 is 1.92 bits per heavy atom. The number of nitrogens with one attached hydrogen (secondary N) is 1. The van der Waals surface area contributed by atoms with Gasteiger partial charge in [-0.3, -0.25) is 4.79 Å². The first-order valence-electron chi connectivity index (χ1n) is 7.60. The van der Waals surface area contributed by atoms with Gasteiger partial charge in [0.15, 0.2) is 0 Å². The van der Waals surface area contributed by atoms with Gasteiger partial charge in [0.25, 0.3) is 0 Å². The van der Waals surface area contributed by atoms with E-state index in [1.165, 1.54) is 0 Å². The SMILES string of the molecule is Cc1ccc(NC(=O)Cc2nc(-c3ccccc3)oc2C)c(Br)c1. The molecular weight excluding hydrogens is 368 g/mol. The number of nitrogens with zero attached hydrogens (tertiary/aromatic N) is 1. The average Bonchev–Trinajstić information content (AvgIpc) is 2.92. The number of anilines is 1. The first-order chi connectivity index (χ1) is 11.5. The Morgan fingerprint density at radius 1 is 1.17 bits per heavy atom. The van der Waals surface area contributed by atoms with Crippen molar-refractivity contribution in [2.45, 2.75) is 20.3 Å². The van der Waals surface area contributed by atoms with E-state index in [-0.39, 0.29) is 12.3 Å². The molecule has 0 radical (unpaired) electrons. The minimum absolute atomic E-state index is 0.129. The Balaban J connectivity index is 1.74. The van der Waals surface area contributed by atoms with Gasteiger partial charge < -0.3 is 9.73 Å². The lowest BCUT2D eigenvalue weighted by atomic mass is 10.2. The number of hydrogen-bond acceptors (Lipinski definition) is 3. The van der Waals surface area contributed by atoms with Crippen LogP contribution in [0.1, 0.15) is 17.0 Å². The lowest BCUT2D eigenvalue weighted by Crippen LogP contribution is -2.15. The molecule has 0 unspecified atom stereocenters. The van der Waals surface area contributed by atoms with Gasteiger partial charge in [0.05, 0.1) is 17.8 Å². The van der Waals surface area contributed by atoms with Crippen LogP contribution in [-0.2, 0) is 11.2 Å². The molecule has 0 aliphatic heterocycles. The van der Waals surface area contributed by atoms with Crippen molar-refractivity contribution in [3.63, 3.8) is 0 Å². The predicted octanol–water partition coefficient (Wildman–Crippen LogP) is 4.90. The van der Waals surface area contributed by atoms with Gasteiger partial charge in [-0.25, -0.2) is 4.98 Å². The number of aryl methyl sites for hydroxylation is 2. The third kappa shape index (κ3) is 3.74. The summed E-state index contributed by atoms with van der Waals surface area (Å²) < 4.78 is 6.55. The second-order valence-electron chi connectivity index (χ2n) is 5.60. The molecule has 0 atom stereocenters. The second-order valence-corrected chi connectivity index (χ2v) is 6.45. The van der Waals surface area contributed by atoms with E-state index >= 15 is 0 Å². The van der Waals surface area contributed by atoms with Crippen LogP contribution >= 0.6 is 15.9 Å². The molecule has 5 heteroatoms. The summed E-state index contributed by atoms with van der Waals surface area (Å²) in [7, 11) is 0. The van der Waals surface area contributed by atoms with E-state index in [9.17, 15) is 4.79 Å². The van der Waals surface area contributed by atoms with E-state index in [1.54, 1.807) is 0 Å². The van der Waals surface area contributed by atoms with E-state index < -0.39 is 0 Å². The van der Waals surface area contributed by atoms with E-state index in [0.717, 1.165) is 21.3 Å². The number of rotatable bonds is 4. The zero-order valence-electron chi connectivity index (χ0n) is 13.5.